The molecule has 1 aliphatic rings. The Kier molecular flexibility index (Phi) is 8.92. The number of rotatable bonds is 8. The van der Waals surface area contributed by atoms with E-state index in [2.05, 4.69) is 15.5 Å². The summed E-state index contributed by atoms with van der Waals surface area (Å²) in [6.45, 7) is 11.3. The van der Waals surface area contributed by atoms with Gasteiger partial charge in [-0.1, -0.05) is 34.6 Å². The van der Waals surface area contributed by atoms with E-state index in [0.29, 0.717) is 6.42 Å². The summed E-state index contributed by atoms with van der Waals surface area (Å²) in [5.41, 5.74) is -0.482. The van der Waals surface area contributed by atoms with Crippen LogP contribution in [0.25, 0.3) is 0 Å². The molecule has 1 heterocycles. The van der Waals surface area contributed by atoms with E-state index in [4.69, 9.17) is 0 Å². The Morgan fingerprint density at radius 3 is 2.04 bits per heavy atom. The van der Waals surface area contributed by atoms with Crippen molar-refractivity contribution in [2.24, 2.45) is 29.1 Å². The number of amides is 2. The third-order valence-electron chi connectivity index (χ3n) is 5.71. The van der Waals surface area contributed by atoms with Gasteiger partial charge in [-0.05, 0) is 56.7 Å². The molecule has 0 spiro atoms. The van der Waals surface area contributed by atoms with Crippen LogP contribution in [0.3, 0.4) is 0 Å². The number of piperidine rings is 1. The van der Waals surface area contributed by atoms with Crippen LogP contribution in [0.4, 0.5) is 0 Å². The highest BCUT2D eigenvalue weighted by Crippen LogP contribution is 2.34. The van der Waals surface area contributed by atoms with Gasteiger partial charge in [-0.2, -0.15) is 0 Å². The summed E-state index contributed by atoms with van der Waals surface area (Å²) in [6, 6.07) is -0.716. The molecule has 0 saturated carbocycles. The van der Waals surface area contributed by atoms with Crippen LogP contribution in [0.1, 0.15) is 53.9 Å². The molecule has 0 aromatic carbocycles. The lowest BCUT2D eigenvalue weighted by molar-refractivity contribution is -0.151. The Labute approximate surface area is 169 Å². The number of likely N-dealkylation sites (tertiary alicyclic amines) is 1. The Morgan fingerprint density at radius 2 is 1.64 bits per heavy atom. The van der Waals surface area contributed by atoms with Gasteiger partial charge < -0.3 is 20.6 Å². The van der Waals surface area contributed by atoms with Crippen molar-refractivity contribution in [3.05, 3.63) is 0 Å². The minimum atomic E-state index is -0.914. The molecule has 0 bridgehead atoms. The summed E-state index contributed by atoms with van der Waals surface area (Å²) in [5, 5.41) is 15.5. The minimum absolute atomic E-state index is 0.0312. The van der Waals surface area contributed by atoms with Crippen molar-refractivity contribution in [1.82, 2.24) is 15.5 Å². The molecule has 0 aromatic heterocycles. The molecule has 0 aliphatic carbocycles. The van der Waals surface area contributed by atoms with Gasteiger partial charge in [0.2, 0.25) is 11.8 Å². The second-order valence-electron chi connectivity index (χ2n) is 9.66. The highest BCUT2D eigenvalue weighted by atomic mass is 16.4. The van der Waals surface area contributed by atoms with Gasteiger partial charge >= 0.3 is 5.97 Å². The SMILES string of the molecule is CNC(=O)[C@@H](NC(=O)[C@H](CC(C)C)[C@@H](C(=O)O)C1CCN(C)CC1)C(C)(C)C. The summed E-state index contributed by atoms with van der Waals surface area (Å²) < 4.78 is 0. The lowest BCUT2D eigenvalue weighted by Gasteiger charge is -2.37. The fourth-order valence-corrected chi connectivity index (χ4v) is 4.08. The first kappa shape index (κ1) is 24.4. The van der Waals surface area contributed by atoms with Crippen LogP contribution in [0, 0.1) is 29.1 Å². The number of carboxylic acids is 1. The van der Waals surface area contributed by atoms with Gasteiger partial charge in [-0.15, -0.1) is 0 Å². The van der Waals surface area contributed by atoms with Crippen LogP contribution < -0.4 is 10.6 Å². The fraction of sp³-hybridized carbons (Fsp3) is 0.857. The van der Waals surface area contributed by atoms with E-state index in [-0.39, 0.29) is 23.7 Å². The summed E-state index contributed by atoms with van der Waals surface area (Å²) in [4.78, 5) is 40.0. The van der Waals surface area contributed by atoms with Crippen molar-refractivity contribution in [1.29, 1.82) is 0 Å². The van der Waals surface area contributed by atoms with Gasteiger partial charge in [-0.3, -0.25) is 14.4 Å². The van der Waals surface area contributed by atoms with Gasteiger partial charge in [0.1, 0.15) is 6.04 Å². The maximum absolute atomic E-state index is 13.2. The maximum atomic E-state index is 13.2. The first-order valence-electron chi connectivity index (χ1n) is 10.3. The first-order valence-corrected chi connectivity index (χ1v) is 10.3. The van der Waals surface area contributed by atoms with Gasteiger partial charge in [0.05, 0.1) is 11.8 Å². The molecule has 7 heteroatoms. The lowest BCUT2D eigenvalue weighted by atomic mass is 9.73. The van der Waals surface area contributed by atoms with E-state index < -0.39 is 29.3 Å². The zero-order chi connectivity index (χ0) is 21.6. The van der Waals surface area contributed by atoms with Gasteiger partial charge in [0, 0.05) is 7.05 Å². The topological polar surface area (TPSA) is 98.7 Å². The molecule has 7 nitrogen and oxygen atoms in total. The zero-order valence-corrected chi connectivity index (χ0v) is 18.5. The Balaban J connectivity index is 3.13. The van der Waals surface area contributed by atoms with Crippen molar-refractivity contribution in [3.63, 3.8) is 0 Å². The average molecular weight is 398 g/mol. The number of nitrogens with one attached hydrogen (secondary N) is 2. The Morgan fingerprint density at radius 1 is 1.11 bits per heavy atom. The Bertz CT molecular complexity index is 548. The molecule has 3 atom stereocenters. The second-order valence-corrected chi connectivity index (χ2v) is 9.66. The van der Waals surface area contributed by atoms with Crippen LogP contribution >= 0.6 is 0 Å². The van der Waals surface area contributed by atoms with E-state index in [9.17, 15) is 19.5 Å². The third-order valence-corrected chi connectivity index (χ3v) is 5.71. The van der Waals surface area contributed by atoms with Gasteiger partial charge in [-0.25, -0.2) is 0 Å². The Hall–Kier alpha value is -1.63. The molecular formula is C21H39N3O4. The van der Waals surface area contributed by atoms with Crippen LogP contribution in [0.2, 0.25) is 0 Å². The maximum Gasteiger partial charge on any atom is 0.307 e. The standard InChI is InChI=1S/C21H39N3O4/c1-13(2)12-15(16(20(27)28)14-8-10-24(7)11-9-14)18(25)23-17(19(26)22-6)21(3,4)5/h13-17H,8-12H2,1-7H3,(H,22,26)(H,23,25)(H,27,28)/t15-,16+,17-/m1/s1. The molecule has 28 heavy (non-hydrogen) atoms. The second kappa shape index (κ2) is 10.2. The van der Waals surface area contributed by atoms with Crippen LogP contribution in [-0.2, 0) is 14.4 Å². The normalized spacial score (nSPS) is 19.7. The van der Waals surface area contributed by atoms with Gasteiger partial charge in [0.15, 0.2) is 0 Å². The smallest absolute Gasteiger partial charge is 0.307 e. The van der Waals surface area contributed by atoms with Crippen molar-refractivity contribution in [2.45, 2.75) is 59.9 Å². The molecule has 1 aliphatic heterocycles. The molecule has 1 fully saturated rings. The number of likely N-dealkylation sites (N-methyl/N-ethyl adjacent to an activating group) is 1. The zero-order valence-electron chi connectivity index (χ0n) is 18.5. The van der Waals surface area contributed by atoms with E-state index in [1.165, 1.54) is 7.05 Å². The van der Waals surface area contributed by atoms with Crippen molar-refractivity contribution in [2.75, 3.05) is 27.2 Å². The summed E-state index contributed by atoms with van der Waals surface area (Å²) in [7, 11) is 3.57. The van der Waals surface area contributed by atoms with Crippen molar-refractivity contribution >= 4 is 17.8 Å². The monoisotopic (exact) mass is 397 g/mol. The fourth-order valence-electron chi connectivity index (χ4n) is 4.08. The minimum Gasteiger partial charge on any atom is -0.481 e. The van der Waals surface area contributed by atoms with E-state index in [0.717, 1.165) is 25.9 Å². The number of carboxylic acid groups (broad SMARTS) is 1. The molecule has 1 rings (SSSR count). The predicted molar refractivity (Wildman–Crippen MR) is 110 cm³/mol. The van der Waals surface area contributed by atoms with Crippen LogP contribution in [0.15, 0.2) is 0 Å². The number of hydrogen-bond acceptors (Lipinski definition) is 4. The molecule has 0 aromatic rings. The molecule has 3 N–H and O–H groups in total. The first-order chi connectivity index (χ1) is 12.9. The predicted octanol–water partition coefficient (Wildman–Crippen LogP) is 1.97. The van der Waals surface area contributed by atoms with Gasteiger partial charge in [0.25, 0.3) is 0 Å². The molecule has 0 unspecified atom stereocenters. The summed E-state index contributed by atoms with van der Waals surface area (Å²) in [6.07, 6.45) is 2.03. The number of carbonyl (C=O) groups is 3. The van der Waals surface area contributed by atoms with Crippen LogP contribution in [-0.4, -0.2) is 61.0 Å². The van der Waals surface area contributed by atoms with E-state index in [1.807, 2.05) is 41.7 Å². The molecule has 0 radical (unpaired) electrons. The van der Waals surface area contributed by atoms with Crippen LogP contribution in [0.5, 0.6) is 0 Å². The molecule has 1 saturated heterocycles. The third kappa shape index (κ3) is 6.76. The van der Waals surface area contributed by atoms with Crippen molar-refractivity contribution in [3.8, 4) is 0 Å². The quantitative estimate of drug-likeness (QED) is 0.582. The molecule has 162 valence electrons. The molecule has 2 amide bonds. The highest BCUT2D eigenvalue weighted by Gasteiger charge is 2.42. The largest absolute Gasteiger partial charge is 0.481 e. The number of aliphatic carboxylic acids is 1. The number of carbonyl (C=O) groups excluding carboxylic acids is 2. The number of hydrogen-bond donors (Lipinski definition) is 3. The average Bonchev–Trinajstić information content (AvgIpc) is 2.58. The lowest BCUT2D eigenvalue weighted by Crippen LogP contribution is -2.55. The van der Waals surface area contributed by atoms with E-state index >= 15 is 0 Å². The highest BCUT2D eigenvalue weighted by molar-refractivity contribution is 5.90. The summed E-state index contributed by atoms with van der Waals surface area (Å²) >= 11 is 0. The molecular weight excluding hydrogens is 358 g/mol. The summed E-state index contributed by atoms with van der Waals surface area (Å²) in [5.74, 6) is -2.75. The van der Waals surface area contributed by atoms with Crippen molar-refractivity contribution < 1.29 is 19.5 Å². The van der Waals surface area contributed by atoms with E-state index in [1.54, 1.807) is 0 Å². The number of nitrogens with zero attached hydrogens (tertiary/aromatic N) is 1.